The fraction of sp³-hybridized carbons (Fsp3) is 0.0500. The Bertz CT molecular complexity index is 1100. The van der Waals surface area contributed by atoms with Gasteiger partial charge in [0.25, 0.3) is 0 Å². The molecule has 2 aromatic heterocycles. The molecule has 134 valence electrons. The molecule has 2 aromatic carbocycles. The van der Waals surface area contributed by atoms with Crippen LogP contribution in [0.3, 0.4) is 0 Å². The SMILES string of the molecule is O=C(O)C(Nc1ncnc2scc(-c3ccc(F)cc3)c12)c1ccccc1. The summed E-state index contributed by atoms with van der Waals surface area (Å²) in [7, 11) is 0. The van der Waals surface area contributed by atoms with Gasteiger partial charge in [-0.3, -0.25) is 0 Å². The standard InChI is InChI=1S/C20H14FN3O2S/c21-14-8-6-12(7-9-14)15-10-27-19-16(15)18(22-11-23-19)24-17(20(25)26)13-4-2-1-3-5-13/h1-11,17H,(H,25,26)(H,22,23,24). The van der Waals surface area contributed by atoms with Crippen LogP contribution in [0.1, 0.15) is 11.6 Å². The first kappa shape index (κ1) is 17.1. The van der Waals surface area contributed by atoms with Crippen LogP contribution in [0.25, 0.3) is 21.3 Å². The number of rotatable bonds is 5. The first-order valence-corrected chi connectivity index (χ1v) is 9.04. The number of carboxylic acids is 1. The highest BCUT2D eigenvalue weighted by Gasteiger charge is 2.22. The Hall–Kier alpha value is -3.32. The van der Waals surface area contributed by atoms with Gasteiger partial charge in [-0.15, -0.1) is 11.3 Å². The second kappa shape index (κ2) is 7.13. The molecule has 0 aliphatic heterocycles. The number of nitrogens with zero attached hydrogens (tertiary/aromatic N) is 2. The molecule has 1 unspecified atom stereocenters. The number of aromatic nitrogens is 2. The van der Waals surface area contributed by atoms with E-state index in [1.807, 2.05) is 11.4 Å². The molecule has 0 saturated carbocycles. The van der Waals surface area contributed by atoms with Crippen molar-refractivity contribution in [2.24, 2.45) is 0 Å². The Labute approximate surface area is 158 Å². The topological polar surface area (TPSA) is 75.1 Å². The van der Waals surface area contributed by atoms with Crippen LogP contribution in [0.4, 0.5) is 10.2 Å². The largest absolute Gasteiger partial charge is 0.479 e. The second-order valence-electron chi connectivity index (χ2n) is 5.88. The number of benzene rings is 2. The highest BCUT2D eigenvalue weighted by molar-refractivity contribution is 7.17. The maximum Gasteiger partial charge on any atom is 0.330 e. The zero-order valence-electron chi connectivity index (χ0n) is 14.0. The molecule has 4 rings (SSSR count). The van der Waals surface area contributed by atoms with Gasteiger partial charge in [-0.25, -0.2) is 19.2 Å². The Morgan fingerprint density at radius 2 is 1.81 bits per heavy atom. The lowest BCUT2D eigenvalue weighted by atomic mass is 10.0. The van der Waals surface area contributed by atoms with Gasteiger partial charge in [0.1, 0.15) is 22.8 Å². The summed E-state index contributed by atoms with van der Waals surface area (Å²) in [5, 5.41) is 15.3. The minimum absolute atomic E-state index is 0.317. The first-order chi connectivity index (χ1) is 13.1. The Morgan fingerprint density at radius 3 is 2.52 bits per heavy atom. The molecule has 0 aliphatic carbocycles. The summed E-state index contributed by atoms with van der Waals surface area (Å²) in [6, 6.07) is 14.1. The van der Waals surface area contributed by atoms with Crippen LogP contribution in [0, 0.1) is 5.82 Å². The van der Waals surface area contributed by atoms with Crippen LogP contribution in [-0.4, -0.2) is 21.0 Å². The number of hydrogen-bond donors (Lipinski definition) is 2. The molecule has 1 atom stereocenters. The number of carbonyl (C=O) groups is 1. The minimum Gasteiger partial charge on any atom is -0.479 e. The lowest BCUT2D eigenvalue weighted by Gasteiger charge is -2.16. The molecule has 5 nitrogen and oxygen atoms in total. The number of hydrogen-bond acceptors (Lipinski definition) is 5. The monoisotopic (exact) mass is 379 g/mol. The molecule has 0 radical (unpaired) electrons. The molecule has 2 heterocycles. The molecule has 0 amide bonds. The molecule has 0 saturated heterocycles. The number of thiophene rings is 1. The van der Waals surface area contributed by atoms with E-state index in [9.17, 15) is 14.3 Å². The first-order valence-electron chi connectivity index (χ1n) is 8.16. The van der Waals surface area contributed by atoms with Gasteiger partial charge < -0.3 is 10.4 Å². The lowest BCUT2D eigenvalue weighted by Crippen LogP contribution is -2.21. The van der Waals surface area contributed by atoms with Crippen LogP contribution >= 0.6 is 11.3 Å². The van der Waals surface area contributed by atoms with E-state index in [0.29, 0.717) is 11.4 Å². The van der Waals surface area contributed by atoms with E-state index in [2.05, 4.69) is 15.3 Å². The van der Waals surface area contributed by atoms with Crippen molar-refractivity contribution < 1.29 is 14.3 Å². The van der Waals surface area contributed by atoms with Crippen molar-refractivity contribution in [3.8, 4) is 11.1 Å². The van der Waals surface area contributed by atoms with Gasteiger partial charge in [0.2, 0.25) is 0 Å². The minimum atomic E-state index is -1.01. The molecule has 0 spiro atoms. The van der Waals surface area contributed by atoms with Crippen molar-refractivity contribution in [2.45, 2.75) is 6.04 Å². The maximum absolute atomic E-state index is 13.3. The average Bonchev–Trinajstić information content (AvgIpc) is 3.12. The average molecular weight is 379 g/mol. The van der Waals surface area contributed by atoms with E-state index in [4.69, 9.17) is 0 Å². The second-order valence-corrected chi connectivity index (χ2v) is 6.74. The molecule has 27 heavy (non-hydrogen) atoms. The number of anilines is 1. The number of aliphatic carboxylic acids is 1. The van der Waals surface area contributed by atoms with Crippen molar-refractivity contribution >= 4 is 33.3 Å². The molecule has 0 fully saturated rings. The van der Waals surface area contributed by atoms with Crippen LogP contribution in [-0.2, 0) is 4.79 Å². The van der Waals surface area contributed by atoms with Crippen LogP contribution < -0.4 is 5.32 Å². The quantitative estimate of drug-likeness (QED) is 0.524. The third-order valence-corrected chi connectivity index (χ3v) is 5.07. The van der Waals surface area contributed by atoms with Crippen molar-refractivity contribution in [1.29, 1.82) is 0 Å². The predicted molar refractivity (Wildman–Crippen MR) is 103 cm³/mol. The van der Waals surface area contributed by atoms with E-state index in [1.54, 1.807) is 36.4 Å². The van der Waals surface area contributed by atoms with E-state index >= 15 is 0 Å². The molecule has 4 aromatic rings. The zero-order valence-corrected chi connectivity index (χ0v) is 14.8. The summed E-state index contributed by atoms with van der Waals surface area (Å²) >= 11 is 1.43. The van der Waals surface area contributed by atoms with Gasteiger partial charge in [-0.05, 0) is 23.3 Å². The van der Waals surface area contributed by atoms with Gasteiger partial charge in [-0.1, -0.05) is 42.5 Å². The normalized spacial score (nSPS) is 12.0. The van der Waals surface area contributed by atoms with Crippen molar-refractivity contribution in [2.75, 3.05) is 5.32 Å². The third-order valence-electron chi connectivity index (χ3n) is 4.19. The molecule has 2 N–H and O–H groups in total. The number of carboxylic acid groups (broad SMARTS) is 1. The third kappa shape index (κ3) is 3.37. The Kier molecular flexibility index (Phi) is 4.52. The molecular weight excluding hydrogens is 365 g/mol. The predicted octanol–water partition coefficient (Wildman–Crippen LogP) is 4.74. The van der Waals surface area contributed by atoms with Crippen LogP contribution in [0.15, 0.2) is 66.3 Å². The zero-order chi connectivity index (χ0) is 18.8. The van der Waals surface area contributed by atoms with Crippen molar-refractivity contribution in [3.05, 3.63) is 77.7 Å². The molecule has 0 bridgehead atoms. The summed E-state index contributed by atoms with van der Waals surface area (Å²) in [6.45, 7) is 0. The lowest BCUT2D eigenvalue weighted by molar-refractivity contribution is -0.138. The van der Waals surface area contributed by atoms with E-state index in [-0.39, 0.29) is 5.82 Å². The smallest absolute Gasteiger partial charge is 0.330 e. The van der Waals surface area contributed by atoms with E-state index in [1.165, 1.54) is 29.8 Å². The Balaban J connectivity index is 1.81. The summed E-state index contributed by atoms with van der Waals surface area (Å²) < 4.78 is 13.3. The van der Waals surface area contributed by atoms with Crippen molar-refractivity contribution in [3.63, 3.8) is 0 Å². The summed E-state index contributed by atoms with van der Waals surface area (Å²) in [5.41, 5.74) is 2.26. The molecular formula is C20H14FN3O2S. The highest BCUT2D eigenvalue weighted by Crippen LogP contribution is 2.37. The van der Waals surface area contributed by atoms with Gasteiger partial charge in [0.15, 0.2) is 6.04 Å². The summed E-state index contributed by atoms with van der Waals surface area (Å²) in [6.07, 6.45) is 1.40. The molecule has 7 heteroatoms. The van der Waals surface area contributed by atoms with Gasteiger partial charge in [-0.2, -0.15) is 0 Å². The number of nitrogens with one attached hydrogen (secondary N) is 1. The van der Waals surface area contributed by atoms with Crippen LogP contribution in [0.2, 0.25) is 0 Å². The van der Waals surface area contributed by atoms with Gasteiger partial charge in [0.05, 0.1) is 5.39 Å². The summed E-state index contributed by atoms with van der Waals surface area (Å²) in [5.74, 6) is -0.897. The number of fused-ring (bicyclic) bond motifs is 1. The number of halogens is 1. The van der Waals surface area contributed by atoms with Gasteiger partial charge in [0, 0.05) is 10.9 Å². The van der Waals surface area contributed by atoms with Gasteiger partial charge >= 0.3 is 5.97 Å². The van der Waals surface area contributed by atoms with E-state index in [0.717, 1.165) is 21.3 Å². The Morgan fingerprint density at radius 1 is 1.07 bits per heavy atom. The highest BCUT2D eigenvalue weighted by atomic mass is 32.1. The maximum atomic E-state index is 13.3. The summed E-state index contributed by atoms with van der Waals surface area (Å²) in [4.78, 5) is 21.1. The van der Waals surface area contributed by atoms with E-state index < -0.39 is 12.0 Å². The van der Waals surface area contributed by atoms with Crippen molar-refractivity contribution in [1.82, 2.24) is 9.97 Å². The van der Waals surface area contributed by atoms with Crippen LogP contribution in [0.5, 0.6) is 0 Å². The fourth-order valence-electron chi connectivity index (χ4n) is 2.90. The fourth-order valence-corrected chi connectivity index (χ4v) is 3.81. The molecule has 0 aliphatic rings.